The van der Waals surface area contributed by atoms with Crippen molar-refractivity contribution in [1.29, 1.82) is 0 Å². The molecule has 12 rings (SSSR count). The van der Waals surface area contributed by atoms with E-state index in [1.807, 2.05) is 121 Å². The van der Waals surface area contributed by atoms with Crippen LogP contribution in [0.25, 0.3) is 60.5 Å². The first kappa shape index (κ1) is 28.6. The van der Waals surface area contributed by atoms with E-state index >= 15 is 0 Å². The molecular weight excluding hydrogens is 771 g/mol. The van der Waals surface area contributed by atoms with Gasteiger partial charge in [0, 0.05) is 12.7 Å². The van der Waals surface area contributed by atoms with E-state index in [9.17, 15) is 11.0 Å². The molecule has 1 heteroatoms. The highest BCUT2D eigenvalue weighted by Crippen LogP contribution is 2.57. The van der Waals surface area contributed by atoms with Crippen LogP contribution in [0, 0.1) is 0 Å². The summed E-state index contributed by atoms with van der Waals surface area (Å²) in [6, 6.07) is 60.2. The standard InChI is InChI=1S/C63H45N/c1-4-16-44(17-5-1)45-28-30-46(31-29-45)47-32-36-52(37-33-47)64(53-38-34-48(35-39-53)60-42-49-18-10-11-23-55(49)56-24-12-13-25-57(56)60)54-40-41-59-58-26-14-15-27-61(58)63(62(59)43-54,50-19-6-2-7-20-50)51-21-8-3-9-22-51/h1-38,40-43,53H,39H2/i28D,29D,30D,31D,32D,34D,35D,37D,38D,39D. The molecular formula is C63H45N. The quantitative estimate of drug-likeness (QED) is 0.138. The Balaban J connectivity index is 1.10. The van der Waals surface area contributed by atoms with Crippen LogP contribution in [0.1, 0.15) is 47.9 Å². The lowest BCUT2D eigenvalue weighted by atomic mass is 9.67. The fraction of sp³-hybridized carbons (Fsp3) is 0.0476. The number of anilines is 2. The van der Waals surface area contributed by atoms with Crippen LogP contribution in [0.2, 0.25) is 0 Å². The number of allylic oxidation sites excluding steroid dienone is 2. The van der Waals surface area contributed by atoms with Crippen LogP contribution in [0.5, 0.6) is 0 Å². The van der Waals surface area contributed by atoms with Crippen molar-refractivity contribution in [3.05, 3.63) is 282 Å². The van der Waals surface area contributed by atoms with E-state index in [-0.39, 0.29) is 82.4 Å². The predicted octanol–water partition coefficient (Wildman–Crippen LogP) is 16.2. The van der Waals surface area contributed by atoms with Crippen LogP contribution < -0.4 is 4.90 Å². The van der Waals surface area contributed by atoms with Crippen molar-refractivity contribution < 1.29 is 13.7 Å². The second-order valence-electron chi connectivity index (χ2n) is 16.2. The van der Waals surface area contributed by atoms with E-state index in [0.29, 0.717) is 16.8 Å². The number of nitrogens with zero attached hydrogens (tertiary/aromatic N) is 1. The van der Waals surface area contributed by atoms with E-state index in [1.54, 1.807) is 35.2 Å². The van der Waals surface area contributed by atoms with Crippen LogP contribution in [0.3, 0.4) is 0 Å². The lowest BCUT2D eigenvalue weighted by molar-refractivity contribution is 0.761. The maximum absolute atomic E-state index is 10.1. The Kier molecular flexibility index (Phi) is 7.02. The number of fused-ring (bicyclic) bond motifs is 6. The van der Waals surface area contributed by atoms with Gasteiger partial charge < -0.3 is 4.90 Å². The Morgan fingerprint density at radius 3 is 1.80 bits per heavy atom. The maximum atomic E-state index is 10.1. The molecule has 1 nitrogen and oxygen atoms in total. The van der Waals surface area contributed by atoms with Gasteiger partial charge in [0.25, 0.3) is 0 Å². The summed E-state index contributed by atoms with van der Waals surface area (Å²) in [4.78, 5) is 1.65. The summed E-state index contributed by atoms with van der Waals surface area (Å²) in [7, 11) is 0. The Hall–Kier alpha value is -8.00. The van der Waals surface area contributed by atoms with Gasteiger partial charge in [0.15, 0.2) is 0 Å². The monoisotopic (exact) mass is 825 g/mol. The summed E-state index contributed by atoms with van der Waals surface area (Å²) in [6.07, 6.45) is -1.48. The molecule has 10 aromatic rings. The Bertz CT molecular complexity index is 3920. The average Bonchev–Trinajstić information content (AvgIpc) is 3.73. The third kappa shape index (κ3) is 6.23. The molecule has 0 aliphatic heterocycles. The predicted molar refractivity (Wildman–Crippen MR) is 270 cm³/mol. The zero-order chi connectivity index (χ0) is 51.2. The van der Waals surface area contributed by atoms with Gasteiger partial charge in [-0.2, -0.15) is 0 Å². The van der Waals surface area contributed by atoms with Crippen LogP contribution in [-0.2, 0) is 5.41 Å². The lowest BCUT2D eigenvalue weighted by Crippen LogP contribution is -2.31. The molecule has 2 aliphatic carbocycles. The topological polar surface area (TPSA) is 3.24 Å². The summed E-state index contributed by atoms with van der Waals surface area (Å²) in [5, 5.41) is 3.60. The Morgan fingerprint density at radius 2 is 1.05 bits per heavy atom. The Labute approximate surface area is 389 Å². The molecule has 0 N–H and O–H groups in total. The number of benzene rings is 10. The van der Waals surface area contributed by atoms with Crippen molar-refractivity contribution in [3.63, 3.8) is 0 Å². The van der Waals surface area contributed by atoms with Gasteiger partial charge in [-0.1, -0.05) is 224 Å². The van der Waals surface area contributed by atoms with Gasteiger partial charge in [-0.05, 0) is 125 Å². The first-order valence-electron chi connectivity index (χ1n) is 26.6. The number of rotatable bonds is 8. The third-order valence-electron chi connectivity index (χ3n) is 12.7. The molecule has 0 aromatic heterocycles. The normalized spacial score (nSPS) is 18.6. The van der Waals surface area contributed by atoms with Gasteiger partial charge in [0.1, 0.15) is 0 Å². The van der Waals surface area contributed by atoms with Crippen molar-refractivity contribution in [2.24, 2.45) is 0 Å². The molecule has 2 aliphatic rings. The van der Waals surface area contributed by atoms with Crippen molar-refractivity contribution in [2.75, 3.05) is 4.90 Å². The SMILES string of the molecule is [2H]C1=C([2H])C(N(c2ccc3c(c2)C(c2ccccc2)(c2ccccc2)c2ccccc2-3)c2cc([2H])c(-c3c([2H])c([2H])c(-c4ccccc4)c([2H])c3[2H])cc2[2H])C([2H])C([2H])=C1c1cc2ccccc2c2ccccc12. The molecule has 0 saturated carbocycles. The molecule has 0 amide bonds. The first-order valence-corrected chi connectivity index (χ1v) is 21.6. The molecule has 2 atom stereocenters. The van der Waals surface area contributed by atoms with Crippen molar-refractivity contribution >= 4 is 38.5 Å². The van der Waals surface area contributed by atoms with Gasteiger partial charge in [0.05, 0.1) is 23.8 Å². The minimum absolute atomic E-state index is 0.00678. The van der Waals surface area contributed by atoms with Crippen LogP contribution in [0.4, 0.5) is 11.4 Å². The van der Waals surface area contributed by atoms with E-state index in [0.717, 1.165) is 54.9 Å². The van der Waals surface area contributed by atoms with Gasteiger partial charge >= 0.3 is 0 Å². The molecule has 302 valence electrons. The molecule has 0 heterocycles. The average molecular weight is 826 g/mol. The fourth-order valence-corrected chi connectivity index (χ4v) is 9.82. The van der Waals surface area contributed by atoms with Crippen LogP contribution in [0.15, 0.2) is 255 Å². The second kappa shape index (κ2) is 15.7. The van der Waals surface area contributed by atoms with Crippen LogP contribution in [-0.4, -0.2) is 6.04 Å². The summed E-state index contributed by atoms with van der Waals surface area (Å²) in [6.45, 7) is 0. The van der Waals surface area contributed by atoms with E-state index < -0.39 is 17.9 Å². The Morgan fingerprint density at radius 1 is 0.438 bits per heavy atom. The zero-order valence-corrected chi connectivity index (χ0v) is 34.7. The van der Waals surface area contributed by atoms with E-state index in [2.05, 4.69) is 36.4 Å². The smallest absolute Gasteiger partial charge is 0.0714 e. The molecule has 2 unspecified atom stereocenters. The molecule has 0 bridgehead atoms. The highest BCUT2D eigenvalue weighted by Gasteiger charge is 2.46. The molecule has 64 heavy (non-hydrogen) atoms. The van der Waals surface area contributed by atoms with Gasteiger partial charge in [-0.3, -0.25) is 0 Å². The highest BCUT2D eigenvalue weighted by molar-refractivity contribution is 6.12. The van der Waals surface area contributed by atoms with Crippen LogP contribution >= 0.6 is 0 Å². The molecule has 0 saturated heterocycles. The molecule has 0 spiro atoms. The largest absolute Gasteiger partial charge is 0.334 e. The summed E-state index contributed by atoms with van der Waals surface area (Å²) < 4.78 is 96.0. The minimum atomic E-state index is -1.48. The lowest BCUT2D eigenvalue weighted by Gasteiger charge is -2.36. The molecule has 0 radical (unpaired) electrons. The summed E-state index contributed by atoms with van der Waals surface area (Å²) in [5.41, 5.74) is 6.93. The summed E-state index contributed by atoms with van der Waals surface area (Å²) >= 11 is 0. The van der Waals surface area contributed by atoms with Gasteiger partial charge in [-0.25, -0.2) is 0 Å². The summed E-state index contributed by atoms with van der Waals surface area (Å²) in [5.74, 6) is 0. The third-order valence-corrected chi connectivity index (χ3v) is 12.7. The van der Waals surface area contributed by atoms with E-state index in [4.69, 9.17) is 2.74 Å². The fourth-order valence-electron chi connectivity index (χ4n) is 9.82. The highest BCUT2D eigenvalue weighted by atomic mass is 15.2. The van der Waals surface area contributed by atoms with Crippen molar-refractivity contribution in [1.82, 2.24) is 0 Å². The second-order valence-corrected chi connectivity index (χ2v) is 16.2. The molecule has 0 fully saturated rings. The maximum Gasteiger partial charge on any atom is 0.0714 e. The van der Waals surface area contributed by atoms with Gasteiger partial charge in [-0.15, -0.1) is 0 Å². The molecule has 10 aromatic carbocycles. The first-order chi connectivity index (χ1) is 35.9. The van der Waals surface area contributed by atoms with E-state index in [1.165, 1.54) is 12.1 Å². The van der Waals surface area contributed by atoms with Crippen molar-refractivity contribution in [3.8, 4) is 33.4 Å². The van der Waals surface area contributed by atoms with Crippen molar-refractivity contribution in [2.45, 2.75) is 17.9 Å². The number of hydrogen-bond acceptors (Lipinski definition) is 1. The van der Waals surface area contributed by atoms with Gasteiger partial charge in [0.2, 0.25) is 0 Å². The zero-order valence-electron chi connectivity index (χ0n) is 44.7. The minimum Gasteiger partial charge on any atom is -0.334 e. The number of hydrogen-bond donors (Lipinski definition) is 0.